The first-order chi connectivity index (χ1) is 5.23. The smallest absolute Gasteiger partial charge is 0.0143 e. The summed E-state index contributed by atoms with van der Waals surface area (Å²) in [4.78, 5) is 0. The van der Waals surface area contributed by atoms with Gasteiger partial charge >= 0.3 is 0 Å². The van der Waals surface area contributed by atoms with Crippen LogP contribution in [0.4, 0.5) is 0 Å². The van der Waals surface area contributed by atoms with E-state index in [9.17, 15) is 0 Å². The summed E-state index contributed by atoms with van der Waals surface area (Å²) in [5.41, 5.74) is 7.49. The first kappa shape index (κ1) is 6.86. The van der Waals surface area contributed by atoms with Crippen LogP contribution in [0.5, 0.6) is 0 Å². The molecule has 1 heteroatoms. The second-order valence-electron chi connectivity index (χ2n) is 3.59. The number of hydrogen-bond donors (Lipinski definition) is 1. The van der Waals surface area contributed by atoms with Gasteiger partial charge in [0, 0.05) is 11.5 Å². The molecule has 0 spiro atoms. The van der Waals surface area contributed by atoms with Crippen molar-refractivity contribution >= 4 is 0 Å². The molecule has 1 aromatic rings. The Morgan fingerprint density at radius 3 is 2.36 bits per heavy atom. The van der Waals surface area contributed by atoms with Gasteiger partial charge in [0.05, 0.1) is 0 Å². The normalized spacial score (nSPS) is 35.3. The maximum atomic E-state index is 5.83. The molecule has 1 nitrogen and oxygen atoms in total. The lowest BCUT2D eigenvalue weighted by atomic mass is 9.98. The summed E-state index contributed by atoms with van der Waals surface area (Å²) in [5.74, 6) is 0. The fraction of sp³-hybridized carbons (Fsp3) is 0.400. The van der Waals surface area contributed by atoms with Crippen LogP contribution in [0.1, 0.15) is 18.9 Å². The van der Waals surface area contributed by atoms with Crippen LogP contribution < -0.4 is 5.73 Å². The van der Waals surface area contributed by atoms with E-state index in [4.69, 9.17) is 5.73 Å². The van der Waals surface area contributed by atoms with E-state index in [0.29, 0.717) is 6.04 Å². The first-order valence-corrected chi connectivity index (χ1v) is 4.04. The highest BCUT2D eigenvalue weighted by Gasteiger charge is 2.48. The molecule has 1 aromatic carbocycles. The predicted octanol–water partition coefficient (Wildman–Crippen LogP) is 1.68. The van der Waals surface area contributed by atoms with Crippen molar-refractivity contribution in [2.24, 2.45) is 5.73 Å². The van der Waals surface area contributed by atoms with Crippen molar-refractivity contribution in [3.8, 4) is 0 Å². The molecule has 1 aliphatic carbocycles. The van der Waals surface area contributed by atoms with Crippen molar-refractivity contribution < 1.29 is 0 Å². The van der Waals surface area contributed by atoms with Crippen molar-refractivity contribution in [1.29, 1.82) is 0 Å². The van der Waals surface area contributed by atoms with Gasteiger partial charge in [-0.3, -0.25) is 0 Å². The van der Waals surface area contributed by atoms with Crippen LogP contribution in [0.3, 0.4) is 0 Å². The second-order valence-corrected chi connectivity index (χ2v) is 3.59. The highest BCUT2D eigenvalue weighted by Crippen LogP contribution is 2.46. The predicted molar refractivity (Wildman–Crippen MR) is 46.4 cm³/mol. The summed E-state index contributed by atoms with van der Waals surface area (Å²) in [6, 6.07) is 10.9. The van der Waals surface area contributed by atoms with Crippen LogP contribution in [0.25, 0.3) is 0 Å². The van der Waals surface area contributed by atoms with E-state index in [1.54, 1.807) is 0 Å². The molecular weight excluding hydrogens is 134 g/mol. The number of rotatable bonds is 1. The van der Waals surface area contributed by atoms with Gasteiger partial charge in [-0.2, -0.15) is 0 Å². The molecule has 0 aromatic heterocycles. The first-order valence-electron chi connectivity index (χ1n) is 4.04. The van der Waals surface area contributed by atoms with Crippen molar-refractivity contribution in [3.63, 3.8) is 0 Å². The fourth-order valence-electron chi connectivity index (χ4n) is 1.55. The lowest BCUT2D eigenvalue weighted by Gasteiger charge is -2.08. The van der Waals surface area contributed by atoms with Gasteiger partial charge in [0.15, 0.2) is 0 Å². The quantitative estimate of drug-likeness (QED) is 0.642. The SMILES string of the molecule is C[C@@]1(c2ccccc2)C[C@H]1N. The minimum atomic E-state index is 0.279. The lowest BCUT2D eigenvalue weighted by molar-refractivity contribution is 0.741. The zero-order valence-corrected chi connectivity index (χ0v) is 6.75. The Morgan fingerprint density at radius 2 is 1.91 bits per heavy atom. The minimum Gasteiger partial charge on any atom is -0.327 e. The minimum absolute atomic E-state index is 0.279. The topological polar surface area (TPSA) is 26.0 Å². The molecule has 11 heavy (non-hydrogen) atoms. The monoisotopic (exact) mass is 147 g/mol. The van der Waals surface area contributed by atoms with Crippen molar-refractivity contribution in [2.75, 3.05) is 0 Å². The molecule has 0 aliphatic heterocycles. The van der Waals surface area contributed by atoms with E-state index in [0.717, 1.165) is 6.42 Å². The number of benzene rings is 1. The van der Waals surface area contributed by atoms with Gasteiger partial charge in [-0.15, -0.1) is 0 Å². The molecule has 0 saturated heterocycles. The third kappa shape index (κ3) is 0.962. The highest BCUT2D eigenvalue weighted by atomic mass is 14.8. The Hall–Kier alpha value is -0.820. The molecule has 58 valence electrons. The number of hydrogen-bond acceptors (Lipinski definition) is 1. The van der Waals surface area contributed by atoms with Gasteiger partial charge in [0.25, 0.3) is 0 Å². The van der Waals surface area contributed by atoms with Gasteiger partial charge in [0.2, 0.25) is 0 Å². The third-order valence-electron chi connectivity index (χ3n) is 2.74. The molecule has 0 bridgehead atoms. The van der Waals surface area contributed by atoms with E-state index in [1.807, 2.05) is 6.07 Å². The van der Waals surface area contributed by atoms with Crippen molar-refractivity contribution in [2.45, 2.75) is 24.8 Å². The molecule has 0 heterocycles. The lowest BCUT2D eigenvalue weighted by Crippen LogP contribution is -2.14. The van der Waals surface area contributed by atoms with Gasteiger partial charge in [0.1, 0.15) is 0 Å². The molecule has 2 atom stereocenters. The summed E-state index contributed by atoms with van der Waals surface area (Å²) in [7, 11) is 0. The van der Waals surface area contributed by atoms with Crippen LogP contribution in [0.2, 0.25) is 0 Å². The van der Waals surface area contributed by atoms with Crippen LogP contribution in [0.15, 0.2) is 30.3 Å². The van der Waals surface area contributed by atoms with Gasteiger partial charge < -0.3 is 5.73 Å². The average Bonchev–Trinajstić information content (AvgIpc) is 2.64. The van der Waals surface area contributed by atoms with Crippen molar-refractivity contribution in [1.82, 2.24) is 0 Å². The highest BCUT2D eigenvalue weighted by molar-refractivity contribution is 5.34. The largest absolute Gasteiger partial charge is 0.327 e. The second kappa shape index (κ2) is 2.08. The summed E-state index contributed by atoms with van der Waals surface area (Å²) >= 11 is 0. The molecule has 0 unspecified atom stereocenters. The van der Waals surface area contributed by atoms with E-state index in [2.05, 4.69) is 31.2 Å². The molecule has 1 fully saturated rings. The molecule has 2 rings (SSSR count). The summed E-state index contributed by atoms with van der Waals surface area (Å²) in [5, 5.41) is 0. The summed E-state index contributed by atoms with van der Waals surface area (Å²) in [6.07, 6.45) is 1.14. The van der Waals surface area contributed by atoms with Crippen molar-refractivity contribution in [3.05, 3.63) is 35.9 Å². The average molecular weight is 147 g/mol. The molecular formula is C10H13N. The standard InChI is InChI=1S/C10H13N/c1-10(7-9(10)11)8-5-3-2-4-6-8/h2-6,9H,7,11H2,1H3/t9-,10+/m1/s1. The van der Waals surface area contributed by atoms with E-state index < -0.39 is 0 Å². The zero-order chi connectivity index (χ0) is 7.90. The molecule has 0 radical (unpaired) electrons. The Labute approximate surface area is 67.2 Å². The van der Waals surface area contributed by atoms with Gasteiger partial charge in [-0.1, -0.05) is 37.3 Å². The maximum Gasteiger partial charge on any atom is 0.0143 e. The van der Waals surface area contributed by atoms with E-state index in [1.165, 1.54) is 5.56 Å². The Kier molecular flexibility index (Phi) is 1.30. The van der Waals surface area contributed by atoms with Crippen LogP contribution in [-0.2, 0) is 5.41 Å². The molecule has 1 aliphatic rings. The van der Waals surface area contributed by atoms with Gasteiger partial charge in [-0.05, 0) is 12.0 Å². The Bertz CT molecular complexity index is 255. The zero-order valence-electron chi connectivity index (χ0n) is 6.75. The van der Waals surface area contributed by atoms with Crippen LogP contribution in [-0.4, -0.2) is 6.04 Å². The summed E-state index contributed by atoms with van der Waals surface area (Å²) < 4.78 is 0. The molecule has 0 amide bonds. The van der Waals surface area contributed by atoms with E-state index in [-0.39, 0.29) is 5.41 Å². The number of nitrogens with two attached hydrogens (primary N) is 1. The van der Waals surface area contributed by atoms with Gasteiger partial charge in [-0.25, -0.2) is 0 Å². The molecule has 1 saturated carbocycles. The Balaban J connectivity index is 2.32. The summed E-state index contributed by atoms with van der Waals surface area (Å²) in [6.45, 7) is 2.23. The molecule has 2 N–H and O–H groups in total. The van der Waals surface area contributed by atoms with Crippen LogP contribution >= 0.6 is 0 Å². The van der Waals surface area contributed by atoms with Crippen LogP contribution in [0, 0.1) is 0 Å². The Morgan fingerprint density at radius 1 is 1.36 bits per heavy atom. The maximum absolute atomic E-state index is 5.83. The fourth-order valence-corrected chi connectivity index (χ4v) is 1.55. The third-order valence-corrected chi connectivity index (χ3v) is 2.74. The van der Waals surface area contributed by atoms with E-state index >= 15 is 0 Å².